The van der Waals surface area contributed by atoms with Crippen LogP contribution in [0.1, 0.15) is 61.8 Å². The SMILES string of the molecule is CC(C)c1ccc2c(c1)C(NC(=O)N1CCC(CN3CCOCC3)CC1)CC2. The van der Waals surface area contributed by atoms with Crippen molar-refractivity contribution in [1.29, 1.82) is 0 Å². The molecule has 1 unspecified atom stereocenters. The van der Waals surface area contributed by atoms with Crippen LogP contribution in [0.25, 0.3) is 0 Å². The number of amides is 2. The highest BCUT2D eigenvalue weighted by atomic mass is 16.5. The highest BCUT2D eigenvalue weighted by molar-refractivity contribution is 5.75. The summed E-state index contributed by atoms with van der Waals surface area (Å²) >= 11 is 0. The molecule has 0 saturated carbocycles. The molecular weight excluding hydrogens is 350 g/mol. The lowest BCUT2D eigenvalue weighted by Crippen LogP contribution is -2.47. The first-order valence-corrected chi connectivity index (χ1v) is 11.1. The standard InChI is InChI=1S/C23H35N3O2/c1-17(2)20-4-3-19-5-6-22(21(19)15-20)24-23(27)26-9-7-18(8-10-26)16-25-11-13-28-14-12-25/h3-4,15,17-18,22H,5-14,16H2,1-2H3,(H,24,27). The quantitative estimate of drug-likeness (QED) is 0.862. The average Bonchev–Trinajstić information content (AvgIpc) is 3.11. The molecule has 1 atom stereocenters. The maximum absolute atomic E-state index is 12.9. The van der Waals surface area contributed by atoms with Crippen LogP contribution < -0.4 is 5.32 Å². The fourth-order valence-corrected chi connectivity index (χ4v) is 4.84. The van der Waals surface area contributed by atoms with E-state index in [1.165, 1.54) is 16.7 Å². The van der Waals surface area contributed by atoms with E-state index in [1.54, 1.807) is 0 Å². The fraction of sp³-hybridized carbons (Fsp3) is 0.696. The third-order valence-corrected chi connectivity index (χ3v) is 6.73. The second kappa shape index (κ2) is 8.83. The second-order valence-electron chi connectivity index (χ2n) is 9.00. The van der Waals surface area contributed by atoms with E-state index in [0.717, 1.165) is 71.6 Å². The van der Waals surface area contributed by atoms with Crippen molar-refractivity contribution in [3.05, 3.63) is 34.9 Å². The lowest BCUT2D eigenvalue weighted by Gasteiger charge is -2.36. The highest BCUT2D eigenvalue weighted by Crippen LogP contribution is 2.33. The van der Waals surface area contributed by atoms with Crippen molar-refractivity contribution >= 4 is 6.03 Å². The van der Waals surface area contributed by atoms with Crippen molar-refractivity contribution in [2.24, 2.45) is 5.92 Å². The van der Waals surface area contributed by atoms with Crippen LogP contribution in [0.15, 0.2) is 18.2 Å². The van der Waals surface area contributed by atoms with Crippen LogP contribution in [-0.2, 0) is 11.2 Å². The van der Waals surface area contributed by atoms with Gasteiger partial charge in [-0.1, -0.05) is 32.0 Å². The van der Waals surface area contributed by atoms with Crippen LogP contribution in [0.3, 0.4) is 0 Å². The van der Waals surface area contributed by atoms with Gasteiger partial charge in [0.1, 0.15) is 0 Å². The number of hydrogen-bond acceptors (Lipinski definition) is 3. The van der Waals surface area contributed by atoms with E-state index in [2.05, 4.69) is 42.3 Å². The van der Waals surface area contributed by atoms with E-state index in [1.807, 2.05) is 4.90 Å². The molecular formula is C23H35N3O2. The van der Waals surface area contributed by atoms with Gasteiger partial charge in [0.05, 0.1) is 19.3 Å². The second-order valence-corrected chi connectivity index (χ2v) is 9.00. The molecule has 1 N–H and O–H groups in total. The third kappa shape index (κ3) is 4.52. The Labute approximate surface area is 169 Å². The zero-order chi connectivity index (χ0) is 19.5. The number of benzene rings is 1. The number of rotatable bonds is 4. The van der Waals surface area contributed by atoms with Gasteiger partial charge in [0.25, 0.3) is 0 Å². The number of fused-ring (bicyclic) bond motifs is 1. The van der Waals surface area contributed by atoms with Gasteiger partial charge >= 0.3 is 6.03 Å². The molecule has 1 aliphatic carbocycles. The number of nitrogens with one attached hydrogen (secondary N) is 1. The number of ether oxygens (including phenoxy) is 1. The molecule has 28 heavy (non-hydrogen) atoms. The lowest BCUT2D eigenvalue weighted by molar-refractivity contribution is 0.0258. The largest absolute Gasteiger partial charge is 0.379 e. The van der Waals surface area contributed by atoms with Gasteiger partial charge in [-0.2, -0.15) is 0 Å². The molecule has 2 saturated heterocycles. The monoisotopic (exact) mass is 385 g/mol. The molecule has 0 radical (unpaired) electrons. The summed E-state index contributed by atoms with van der Waals surface area (Å²) in [4.78, 5) is 17.4. The number of nitrogens with zero attached hydrogens (tertiary/aromatic N) is 2. The van der Waals surface area contributed by atoms with Crippen LogP contribution >= 0.6 is 0 Å². The fourth-order valence-electron chi connectivity index (χ4n) is 4.84. The van der Waals surface area contributed by atoms with Crippen molar-refractivity contribution in [1.82, 2.24) is 15.1 Å². The van der Waals surface area contributed by atoms with Crippen molar-refractivity contribution in [2.75, 3.05) is 45.9 Å². The van der Waals surface area contributed by atoms with Gasteiger partial charge in [0.15, 0.2) is 0 Å². The molecule has 5 heteroatoms. The molecule has 1 aromatic rings. The van der Waals surface area contributed by atoms with Gasteiger partial charge in [0.2, 0.25) is 0 Å². The Bertz CT molecular complexity index is 676. The predicted octanol–water partition coefficient (Wildman–Crippen LogP) is 3.55. The molecule has 2 aliphatic heterocycles. The van der Waals surface area contributed by atoms with Gasteiger partial charge in [-0.25, -0.2) is 4.79 Å². The lowest BCUT2D eigenvalue weighted by atomic mass is 9.96. The molecule has 3 aliphatic rings. The first kappa shape index (κ1) is 19.7. The topological polar surface area (TPSA) is 44.8 Å². The Morgan fingerprint density at radius 2 is 1.89 bits per heavy atom. The first-order valence-electron chi connectivity index (χ1n) is 11.1. The van der Waals surface area contributed by atoms with Gasteiger partial charge in [-0.3, -0.25) is 4.90 Å². The molecule has 2 fully saturated rings. The van der Waals surface area contributed by atoms with Crippen LogP contribution in [0, 0.1) is 5.92 Å². The minimum Gasteiger partial charge on any atom is -0.379 e. The number of hydrogen-bond donors (Lipinski definition) is 1. The average molecular weight is 386 g/mol. The van der Waals surface area contributed by atoms with E-state index in [4.69, 9.17) is 4.74 Å². The van der Waals surface area contributed by atoms with Crippen LogP contribution in [0.4, 0.5) is 4.79 Å². The summed E-state index contributed by atoms with van der Waals surface area (Å²) in [5.74, 6) is 1.23. The summed E-state index contributed by atoms with van der Waals surface area (Å²) in [6.45, 7) is 11.2. The minimum absolute atomic E-state index is 0.123. The molecule has 0 spiro atoms. The molecule has 0 aromatic heterocycles. The van der Waals surface area contributed by atoms with E-state index in [-0.39, 0.29) is 12.1 Å². The summed E-state index contributed by atoms with van der Waals surface area (Å²) < 4.78 is 5.44. The van der Waals surface area contributed by atoms with E-state index < -0.39 is 0 Å². The summed E-state index contributed by atoms with van der Waals surface area (Å²) in [6, 6.07) is 7.11. The molecule has 4 rings (SSSR count). The Balaban J connectivity index is 1.28. The van der Waals surface area contributed by atoms with Crippen LogP contribution in [0.2, 0.25) is 0 Å². The molecule has 154 valence electrons. The maximum atomic E-state index is 12.9. The maximum Gasteiger partial charge on any atom is 0.317 e. The number of carbonyl (C=O) groups excluding carboxylic acids is 1. The smallest absolute Gasteiger partial charge is 0.317 e. The number of urea groups is 1. The Morgan fingerprint density at radius 3 is 2.61 bits per heavy atom. The molecule has 5 nitrogen and oxygen atoms in total. The predicted molar refractivity (Wildman–Crippen MR) is 112 cm³/mol. The summed E-state index contributed by atoms with van der Waals surface area (Å²) in [5.41, 5.74) is 4.10. The summed E-state index contributed by atoms with van der Waals surface area (Å²) in [7, 11) is 0. The van der Waals surface area contributed by atoms with Gasteiger partial charge in [0, 0.05) is 32.7 Å². The Hall–Kier alpha value is -1.59. The zero-order valence-corrected chi connectivity index (χ0v) is 17.5. The van der Waals surface area contributed by atoms with Crippen molar-refractivity contribution < 1.29 is 9.53 Å². The normalized spacial score (nSPS) is 23.8. The number of piperidine rings is 1. The van der Waals surface area contributed by atoms with E-state index in [9.17, 15) is 4.79 Å². The molecule has 1 aromatic carbocycles. The molecule has 0 bridgehead atoms. The van der Waals surface area contributed by atoms with Crippen molar-refractivity contribution in [2.45, 2.75) is 51.5 Å². The number of likely N-dealkylation sites (tertiary alicyclic amines) is 1. The van der Waals surface area contributed by atoms with Crippen molar-refractivity contribution in [3.63, 3.8) is 0 Å². The Morgan fingerprint density at radius 1 is 1.14 bits per heavy atom. The van der Waals surface area contributed by atoms with Gasteiger partial charge < -0.3 is 15.0 Å². The molecule has 2 amide bonds. The number of morpholine rings is 1. The van der Waals surface area contributed by atoms with E-state index >= 15 is 0 Å². The summed E-state index contributed by atoms with van der Waals surface area (Å²) in [6.07, 6.45) is 4.32. The van der Waals surface area contributed by atoms with Crippen LogP contribution in [0.5, 0.6) is 0 Å². The molecule has 2 heterocycles. The zero-order valence-electron chi connectivity index (χ0n) is 17.5. The third-order valence-electron chi connectivity index (χ3n) is 6.73. The minimum atomic E-state index is 0.123. The highest BCUT2D eigenvalue weighted by Gasteiger charge is 2.29. The van der Waals surface area contributed by atoms with Crippen molar-refractivity contribution in [3.8, 4) is 0 Å². The number of carbonyl (C=O) groups is 1. The van der Waals surface area contributed by atoms with Gasteiger partial charge in [-0.15, -0.1) is 0 Å². The summed E-state index contributed by atoms with van der Waals surface area (Å²) in [5, 5.41) is 3.33. The van der Waals surface area contributed by atoms with Gasteiger partial charge in [-0.05, 0) is 54.2 Å². The Kier molecular flexibility index (Phi) is 6.22. The first-order chi connectivity index (χ1) is 13.6. The van der Waals surface area contributed by atoms with Crippen LogP contribution in [-0.4, -0.2) is 61.8 Å². The van der Waals surface area contributed by atoms with E-state index in [0.29, 0.717) is 11.8 Å². The number of aryl methyl sites for hydroxylation is 1.